The Morgan fingerprint density at radius 1 is 1.33 bits per heavy atom. The van der Waals surface area contributed by atoms with Crippen molar-refractivity contribution in [3.63, 3.8) is 0 Å². The van der Waals surface area contributed by atoms with Gasteiger partial charge in [0.25, 0.3) is 0 Å². The number of rotatable bonds is 6. The molecular weight excluding hydrogens is 248 g/mol. The molecule has 0 aliphatic heterocycles. The molecule has 0 radical (unpaired) electrons. The topological polar surface area (TPSA) is 55.1 Å². The van der Waals surface area contributed by atoms with E-state index in [4.69, 9.17) is 5.11 Å². The number of hydrogen-bond acceptors (Lipinski definition) is 3. The van der Waals surface area contributed by atoms with Gasteiger partial charge in [-0.15, -0.1) is 0 Å². The number of imidazole rings is 1. The molecular formula is C13H14N2O2S. The number of aliphatic carboxylic acids is 1. The summed E-state index contributed by atoms with van der Waals surface area (Å²) < 4.78 is 1.95. The van der Waals surface area contributed by atoms with Crippen molar-refractivity contribution in [2.24, 2.45) is 0 Å². The van der Waals surface area contributed by atoms with Gasteiger partial charge >= 0.3 is 5.97 Å². The van der Waals surface area contributed by atoms with Crippen LogP contribution in [0.15, 0.2) is 43.0 Å². The van der Waals surface area contributed by atoms with Gasteiger partial charge in [-0.1, -0.05) is 12.1 Å². The van der Waals surface area contributed by atoms with Crippen LogP contribution in [0.25, 0.3) is 5.69 Å². The highest BCUT2D eigenvalue weighted by molar-refractivity contribution is 7.98. The number of benzene rings is 1. The fourth-order valence-corrected chi connectivity index (χ4v) is 2.42. The third-order valence-corrected chi connectivity index (χ3v) is 3.50. The Bertz CT molecular complexity index is 494. The van der Waals surface area contributed by atoms with Gasteiger partial charge in [-0.3, -0.25) is 4.79 Å². The van der Waals surface area contributed by atoms with E-state index in [0.29, 0.717) is 5.75 Å². The first-order chi connectivity index (χ1) is 8.75. The fraction of sp³-hybridized carbons (Fsp3) is 0.231. The predicted octanol–water partition coefficient (Wildman–Crippen LogP) is 2.58. The van der Waals surface area contributed by atoms with E-state index in [0.717, 1.165) is 11.4 Å². The minimum Gasteiger partial charge on any atom is -0.481 e. The first kappa shape index (κ1) is 12.7. The average Bonchev–Trinajstić information content (AvgIpc) is 2.89. The van der Waals surface area contributed by atoms with Crippen molar-refractivity contribution in [3.05, 3.63) is 48.5 Å². The summed E-state index contributed by atoms with van der Waals surface area (Å²) in [4.78, 5) is 14.4. The Labute approximate surface area is 110 Å². The standard InChI is InChI=1S/C13H14N2O2S/c16-13(17)5-8-18-9-11-1-3-12(4-2-11)15-7-6-14-10-15/h1-4,6-7,10H,5,8-9H2,(H,16,17). The lowest BCUT2D eigenvalue weighted by Crippen LogP contribution is -1.96. The molecule has 1 heterocycles. The number of thioether (sulfide) groups is 1. The first-order valence-electron chi connectivity index (χ1n) is 5.62. The van der Waals surface area contributed by atoms with E-state index in [-0.39, 0.29) is 6.42 Å². The van der Waals surface area contributed by atoms with E-state index in [1.807, 2.05) is 22.9 Å². The van der Waals surface area contributed by atoms with Crippen LogP contribution in [0.2, 0.25) is 0 Å². The summed E-state index contributed by atoms with van der Waals surface area (Å²) in [6.07, 6.45) is 5.63. The van der Waals surface area contributed by atoms with Crippen LogP contribution in [0.5, 0.6) is 0 Å². The van der Waals surface area contributed by atoms with Gasteiger partial charge in [0.2, 0.25) is 0 Å². The molecule has 1 aromatic heterocycles. The van der Waals surface area contributed by atoms with Gasteiger partial charge in [-0.25, -0.2) is 4.98 Å². The van der Waals surface area contributed by atoms with E-state index >= 15 is 0 Å². The molecule has 2 aromatic rings. The number of aromatic nitrogens is 2. The molecule has 0 saturated carbocycles. The van der Waals surface area contributed by atoms with E-state index < -0.39 is 5.97 Å². The molecule has 0 aliphatic rings. The molecule has 0 spiro atoms. The van der Waals surface area contributed by atoms with Crippen molar-refractivity contribution in [3.8, 4) is 5.69 Å². The molecule has 0 atom stereocenters. The maximum absolute atomic E-state index is 10.4. The molecule has 5 heteroatoms. The Morgan fingerprint density at radius 2 is 2.11 bits per heavy atom. The van der Waals surface area contributed by atoms with Crippen LogP contribution < -0.4 is 0 Å². The average molecular weight is 262 g/mol. The second kappa shape index (κ2) is 6.26. The molecule has 0 fully saturated rings. The van der Waals surface area contributed by atoms with Crippen molar-refractivity contribution in [2.45, 2.75) is 12.2 Å². The second-order valence-electron chi connectivity index (χ2n) is 3.83. The van der Waals surface area contributed by atoms with Gasteiger partial charge in [0.05, 0.1) is 12.7 Å². The zero-order valence-electron chi connectivity index (χ0n) is 9.82. The largest absolute Gasteiger partial charge is 0.481 e. The fourth-order valence-electron chi connectivity index (χ4n) is 1.53. The maximum atomic E-state index is 10.4. The minimum atomic E-state index is -0.738. The van der Waals surface area contributed by atoms with Gasteiger partial charge in [0.15, 0.2) is 0 Å². The van der Waals surface area contributed by atoms with E-state index in [9.17, 15) is 4.79 Å². The van der Waals surface area contributed by atoms with E-state index in [2.05, 4.69) is 17.1 Å². The molecule has 4 nitrogen and oxygen atoms in total. The van der Waals surface area contributed by atoms with Crippen LogP contribution in [-0.4, -0.2) is 26.4 Å². The first-order valence-corrected chi connectivity index (χ1v) is 6.78. The number of carbonyl (C=O) groups is 1. The summed E-state index contributed by atoms with van der Waals surface area (Å²) in [5.74, 6) is 0.758. The molecule has 0 amide bonds. The molecule has 18 heavy (non-hydrogen) atoms. The van der Waals surface area contributed by atoms with Gasteiger partial charge in [-0.2, -0.15) is 11.8 Å². The highest BCUT2D eigenvalue weighted by atomic mass is 32.2. The SMILES string of the molecule is O=C(O)CCSCc1ccc(-n2ccnc2)cc1. The summed E-state index contributed by atoms with van der Waals surface area (Å²) in [6.45, 7) is 0. The van der Waals surface area contributed by atoms with Crippen LogP contribution in [0.3, 0.4) is 0 Å². The van der Waals surface area contributed by atoms with Crippen molar-refractivity contribution >= 4 is 17.7 Å². The highest BCUT2D eigenvalue weighted by Gasteiger charge is 1.99. The maximum Gasteiger partial charge on any atom is 0.304 e. The van der Waals surface area contributed by atoms with Crippen molar-refractivity contribution in [1.82, 2.24) is 9.55 Å². The second-order valence-corrected chi connectivity index (χ2v) is 4.94. The zero-order valence-corrected chi connectivity index (χ0v) is 10.6. The normalized spacial score (nSPS) is 10.4. The lowest BCUT2D eigenvalue weighted by Gasteiger charge is -2.04. The van der Waals surface area contributed by atoms with Crippen LogP contribution in [-0.2, 0) is 10.5 Å². The van der Waals surface area contributed by atoms with Crippen LogP contribution >= 0.6 is 11.8 Å². The molecule has 0 unspecified atom stereocenters. The van der Waals surface area contributed by atoms with Gasteiger partial charge in [0, 0.05) is 29.6 Å². The van der Waals surface area contributed by atoms with Crippen LogP contribution in [0.1, 0.15) is 12.0 Å². The van der Waals surface area contributed by atoms with Crippen LogP contribution in [0, 0.1) is 0 Å². The highest BCUT2D eigenvalue weighted by Crippen LogP contribution is 2.15. The summed E-state index contributed by atoms with van der Waals surface area (Å²) in [7, 11) is 0. The summed E-state index contributed by atoms with van der Waals surface area (Å²) >= 11 is 1.64. The molecule has 94 valence electrons. The monoisotopic (exact) mass is 262 g/mol. The predicted molar refractivity (Wildman–Crippen MR) is 72.0 cm³/mol. The Morgan fingerprint density at radius 3 is 2.72 bits per heavy atom. The van der Waals surface area contributed by atoms with Crippen molar-refractivity contribution < 1.29 is 9.90 Å². The smallest absolute Gasteiger partial charge is 0.304 e. The van der Waals surface area contributed by atoms with E-state index in [1.165, 1.54) is 5.56 Å². The minimum absolute atomic E-state index is 0.220. The van der Waals surface area contributed by atoms with Crippen molar-refractivity contribution in [2.75, 3.05) is 5.75 Å². The molecule has 1 aromatic carbocycles. The Balaban J connectivity index is 1.86. The number of hydrogen-bond donors (Lipinski definition) is 1. The lowest BCUT2D eigenvalue weighted by molar-refractivity contribution is -0.136. The van der Waals surface area contributed by atoms with Crippen LogP contribution in [0.4, 0.5) is 0 Å². The quantitative estimate of drug-likeness (QED) is 0.813. The summed E-state index contributed by atoms with van der Waals surface area (Å²) in [5.41, 5.74) is 2.28. The van der Waals surface area contributed by atoms with Gasteiger partial charge < -0.3 is 9.67 Å². The van der Waals surface area contributed by atoms with Gasteiger partial charge in [0.1, 0.15) is 0 Å². The molecule has 0 aliphatic carbocycles. The zero-order chi connectivity index (χ0) is 12.8. The Hall–Kier alpha value is -1.75. The third-order valence-electron chi connectivity index (χ3n) is 2.47. The number of nitrogens with zero attached hydrogens (tertiary/aromatic N) is 2. The molecule has 1 N–H and O–H groups in total. The summed E-state index contributed by atoms with van der Waals surface area (Å²) in [5, 5.41) is 8.53. The van der Waals surface area contributed by atoms with E-state index in [1.54, 1.807) is 24.3 Å². The number of carboxylic acids is 1. The molecule has 0 bridgehead atoms. The van der Waals surface area contributed by atoms with Gasteiger partial charge in [-0.05, 0) is 17.7 Å². The molecule has 2 rings (SSSR count). The Kier molecular flexibility index (Phi) is 4.41. The number of carboxylic acid groups (broad SMARTS) is 1. The van der Waals surface area contributed by atoms with Crippen molar-refractivity contribution in [1.29, 1.82) is 0 Å². The molecule has 0 saturated heterocycles. The third kappa shape index (κ3) is 3.63. The lowest BCUT2D eigenvalue weighted by atomic mass is 10.2. The summed E-state index contributed by atoms with van der Waals surface area (Å²) in [6, 6.07) is 8.19.